The zero-order valence-corrected chi connectivity index (χ0v) is 15.6. The number of carbonyl (C=O) groups excluding carboxylic acids is 1. The SMILES string of the molecule is COc1cccc(CN(C)CC(=O)Nc2ccc(N3CCCC3)cc2)c1. The number of anilines is 2. The summed E-state index contributed by atoms with van der Waals surface area (Å²) in [5.74, 6) is 0.822. The molecular weight excluding hydrogens is 326 g/mol. The van der Waals surface area contributed by atoms with E-state index >= 15 is 0 Å². The number of nitrogens with one attached hydrogen (secondary N) is 1. The average molecular weight is 353 g/mol. The average Bonchev–Trinajstić information content (AvgIpc) is 3.17. The number of rotatable bonds is 7. The molecule has 2 aromatic rings. The van der Waals surface area contributed by atoms with Gasteiger partial charge in [-0.25, -0.2) is 0 Å². The summed E-state index contributed by atoms with van der Waals surface area (Å²) in [6, 6.07) is 16.0. The van der Waals surface area contributed by atoms with E-state index in [1.807, 2.05) is 48.3 Å². The molecule has 26 heavy (non-hydrogen) atoms. The Morgan fingerprint density at radius 3 is 2.58 bits per heavy atom. The lowest BCUT2D eigenvalue weighted by Gasteiger charge is -2.19. The minimum Gasteiger partial charge on any atom is -0.497 e. The van der Waals surface area contributed by atoms with Crippen molar-refractivity contribution in [3.05, 3.63) is 54.1 Å². The van der Waals surface area contributed by atoms with Crippen LogP contribution in [0.1, 0.15) is 18.4 Å². The van der Waals surface area contributed by atoms with Gasteiger partial charge in [-0.15, -0.1) is 0 Å². The summed E-state index contributed by atoms with van der Waals surface area (Å²) in [5.41, 5.74) is 3.19. The number of carbonyl (C=O) groups is 1. The van der Waals surface area contributed by atoms with E-state index < -0.39 is 0 Å². The predicted molar refractivity (Wildman–Crippen MR) is 106 cm³/mol. The van der Waals surface area contributed by atoms with Crippen LogP contribution in [-0.4, -0.2) is 44.6 Å². The monoisotopic (exact) mass is 353 g/mol. The van der Waals surface area contributed by atoms with E-state index in [9.17, 15) is 4.79 Å². The summed E-state index contributed by atoms with van der Waals surface area (Å²) in [4.78, 5) is 16.7. The lowest BCUT2D eigenvalue weighted by atomic mass is 10.2. The van der Waals surface area contributed by atoms with E-state index in [0.29, 0.717) is 13.1 Å². The molecule has 0 radical (unpaired) electrons. The van der Waals surface area contributed by atoms with Crippen molar-refractivity contribution in [1.29, 1.82) is 0 Å². The second-order valence-electron chi connectivity index (χ2n) is 6.81. The second kappa shape index (κ2) is 8.72. The third-order valence-electron chi connectivity index (χ3n) is 4.62. The predicted octanol–water partition coefficient (Wildman–Crippen LogP) is 3.37. The van der Waals surface area contributed by atoms with Gasteiger partial charge in [-0.3, -0.25) is 9.69 Å². The lowest BCUT2D eigenvalue weighted by Crippen LogP contribution is -2.29. The fourth-order valence-electron chi connectivity index (χ4n) is 3.31. The first-order chi connectivity index (χ1) is 12.6. The summed E-state index contributed by atoms with van der Waals surface area (Å²) in [6.07, 6.45) is 2.52. The topological polar surface area (TPSA) is 44.8 Å². The van der Waals surface area contributed by atoms with Gasteiger partial charge in [-0.2, -0.15) is 0 Å². The molecule has 138 valence electrons. The summed E-state index contributed by atoms with van der Waals surface area (Å²) in [7, 11) is 3.60. The quantitative estimate of drug-likeness (QED) is 0.829. The van der Waals surface area contributed by atoms with E-state index in [1.165, 1.54) is 18.5 Å². The highest BCUT2D eigenvalue weighted by atomic mass is 16.5. The van der Waals surface area contributed by atoms with Crippen molar-refractivity contribution in [2.75, 3.05) is 44.0 Å². The molecule has 0 bridgehead atoms. The van der Waals surface area contributed by atoms with E-state index in [4.69, 9.17) is 4.74 Å². The van der Waals surface area contributed by atoms with Gasteiger partial charge in [0.1, 0.15) is 5.75 Å². The molecule has 3 rings (SSSR count). The zero-order valence-electron chi connectivity index (χ0n) is 15.6. The number of hydrogen-bond donors (Lipinski definition) is 1. The van der Waals surface area contributed by atoms with Crippen LogP contribution in [0.3, 0.4) is 0 Å². The molecule has 5 nitrogen and oxygen atoms in total. The summed E-state index contributed by atoms with van der Waals surface area (Å²) < 4.78 is 5.24. The molecule has 5 heteroatoms. The Bertz CT molecular complexity index is 724. The van der Waals surface area contributed by atoms with E-state index in [-0.39, 0.29) is 5.91 Å². The molecule has 0 unspecified atom stereocenters. The van der Waals surface area contributed by atoms with Crippen molar-refractivity contribution in [2.45, 2.75) is 19.4 Å². The highest BCUT2D eigenvalue weighted by Gasteiger charge is 2.12. The normalized spacial score (nSPS) is 13.9. The fraction of sp³-hybridized carbons (Fsp3) is 0.381. The van der Waals surface area contributed by atoms with Crippen molar-refractivity contribution in [3.63, 3.8) is 0 Å². The Balaban J connectivity index is 1.49. The molecule has 0 spiro atoms. The Hall–Kier alpha value is -2.53. The van der Waals surface area contributed by atoms with Gasteiger partial charge >= 0.3 is 0 Å². The van der Waals surface area contributed by atoms with Gasteiger partial charge in [0.05, 0.1) is 13.7 Å². The van der Waals surface area contributed by atoms with Crippen molar-refractivity contribution < 1.29 is 9.53 Å². The maximum atomic E-state index is 12.3. The van der Waals surface area contributed by atoms with Gasteiger partial charge in [0.2, 0.25) is 5.91 Å². The van der Waals surface area contributed by atoms with Crippen molar-refractivity contribution in [2.24, 2.45) is 0 Å². The largest absolute Gasteiger partial charge is 0.497 e. The zero-order chi connectivity index (χ0) is 18.4. The summed E-state index contributed by atoms with van der Waals surface area (Å²) in [5, 5.41) is 2.98. The van der Waals surface area contributed by atoms with Gasteiger partial charge in [-0.05, 0) is 61.9 Å². The Kier molecular flexibility index (Phi) is 6.12. The molecule has 0 aliphatic carbocycles. The van der Waals surface area contributed by atoms with Gasteiger partial charge in [-0.1, -0.05) is 12.1 Å². The number of ether oxygens (including phenoxy) is 1. The summed E-state index contributed by atoms with van der Waals surface area (Å²) >= 11 is 0. The number of amides is 1. The first-order valence-electron chi connectivity index (χ1n) is 9.10. The molecule has 1 N–H and O–H groups in total. The molecule has 0 atom stereocenters. The molecule has 1 aliphatic heterocycles. The first-order valence-corrected chi connectivity index (χ1v) is 9.10. The number of likely N-dealkylation sites (N-methyl/N-ethyl adjacent to an activating group) is 1. The maximum absolute atomic E-state index is 12.3. The van der Waals surface area contributed by atoms with Crippen molar-refractivity contribution in [3.8, 4) is 5.75 Å². The third-order valence-corrected chi connectivity index (χ3v) is 4.62. The fourth-order valence-corrected chi connectivity index (χ4v) is 3.31. The number of methoxy groups -OCH3 is 1. The highest BCUT2D eigenvalue weighted by molar-refractivity contribution is 5.92. The minimum atomic E-state index is -0.00989. The molecule has 1 fully saturated rings. The maximum Gasteiger partial charge on any atom is 0.238 e. The van der Waals surface area contributed by atoms with Crippen LogP contribution >= 0.6 is 0 Å². The van der Waals surface area contributed by atoms with Crippen LogP contribution in [0, 0.1) is 0 Å². The second-order valence-corrected chi connectivity index (χ2v) is 6.81. The molecule has 2 aromatic carbocycles. The van der Waals surface area contributed by atoms with Crippen molar-refractivity contribution in [1.82, 2.24) is 4.90 Å². The number of hydrogen-bond acceptors (Lipinski definition) is 4. The Morgan fingerprint density at radius 2 is 1.88 bits per heavy atom. The number of nitrogens with zero attached hydrogens (tertiary/aromatic N) is 2. The molecule has 1 saturated heterocycles. The Morgan fingerprint density at radius 1 is 1.15 bits per heavy atom. The summed E-state index contributed by atoms with van der Waals surface area (Å²) in [6.45, 7) is 3.28. The van der Waals surface area contributed by atoms with Crippen LogP contribution in [0.2, 0.25) is 0 Å². The lowest BCUT2D eigenvalue weighted by molar-refractivity contribution is -0.117. The molecule has 1 aliphatic rings. The van der Waals surface area contributed by atoms with Crippen molar-refractivity contribution >= 4 is 17.3 Å². The Labute approximate surface area is 155 Å². The van der Waals surface area contributed by atoms with Gasteiger partial charge in [0, 0.05) is 31.0 Å². The van der Waals surface area contributed by atoms with E-state index in [2.05, 4.69) is 22.3 Å². The van der Waals surface area contributed by atoms with Crippen LogP contribution in [0.5, 0.6) is 5.75 Å². The third kappa shape index (κ3) is 4.99. The van der Waals surface area contributed by atoms with Crippen LogP contribution in [-0.2, 0) is 11.3 Å². The van der Waals surface area contributed by atoms with E-state index in [1.54, 1.807) is 7.11 Å². The molecule has 1 amide bonds. The molecule has 0 aromatic heterocycles. The standard InChI is InChI=1S/C21H27N3O2/c1-23(15-17-6-5-7-20(14-17)26-2)16-21(25)22-18-8-10-19(11-9-18)24-12-3-4-13-24/h5-11,14H,3-4,12-13,15-16H2,1-2H3,(H,22,25). The highest BCUT2D eigenvalue weighted by Crippen LogP contribution is 2.22. The molecule has 0 saturated carbocycles. The van der Waals surface area contributed by atoms with Crippen LogP contribution < -0.4 is 15.0 Å². The number of benzene rings is 2. The first kappa shape index (κ1) is 18.3. The van der Waals surface area contributed by atoms with Gasteiger partial charge < -0.3 is 15.0 Å². The van der Waals surface area contributed by atoms with Crippen LogP contribution in [0.4, 0.5) is 11.4 Å². The molecule has 1 heterocycles. The van der Waals surface area contributed by atoms with E-state index in [0.717, 1.165) is 30.1 Å². The van der Waals surface area contributed by atoms with Gasteiger partial charge in [0.15, 0.2) is 0 Å². The van der Waals surface area contributed by atoms with Crippen LogP contribution in [0.25, 0.3) is 0 Å². The molecular formula is C21H27N3O2. The minimum absolute atomic E-state index is 0.00989. The smallest absolute Gasteiger partial charge is 0.238 e. The van der Waals surface area contributed by atoms with Gasteiger partial charge in [0.25, 0.3) is 0 Å². The van der Waals surface area contributed by atoms with Crippen LogP contribution in [0.15, 0.2) is 48.5 Å².